The van der Waals surface area contributed by atoms with E-state index in [-0.39, 0.29) is 16.8 Å². The lowest BCUT2D eigenvalue weighted by Crippen LogP contribution is -2.64. The molecular weight excluding hydrogens is 318 g/mol. The van der Waals surface area contributed by atoms with Gasteiger partial charge in [-0.3, -0.25) is 9.69 Å². The average Bonchev–Trinajstić information content (AvgIpc) is 2.45. The third kappa shape index (κ3) is 3.06. The van der Waals surface area contributed by atoms with Crippen LogP contribution in [0.5, 0.6) is 5.75 Å². The van der Waals surface area contributed by atoms with Crippen molar-refractivity contribution in [2.75, 3.05) is 39.8 Å². The SMILES string of the molecule is COc1ccc(S(=O)(=O)N2CC(N3CCNC(=O)C3)C2)cc1C. The third-order valence-corrected chi connectivity index (χ3v) is 6.24. The van der Waals surface area contributed by atoms with Gasteiger partial charge in [0.2, 0.25) is 15.9 Å². The number of rotatable bonds is 4. The zero-order valence-electron chi connectivity index (χ0n) is 13.3. The van der Waals surface area contributed by atoms with E-state index in [1.54, 1.807) is 25.3 Å². The highest BCUT2D eigenvalue weighted by atomic mass is 32.2. The molecule has 1 amide bonds. The third-order valence-electron chi connectivity index (χ3n) is 4.42. The summed E-state index contributed by atoms with van der Waals surface area (Å²) in [6, 6.07) is 5.00. The molecule has 2 fully saturated rings. The van der Waals surface area contributed by atoms with Crippen LogP contribution in [-0.2, 0) is 14.8 Å². The molecule has 1 aromatic rings. The van der Waals surface area contributed by atoms with Gasteiger partial charge in [0.05, 0.1) is 18.6 Å². The van der Waals surface area contributed by atoms with Crippen LogP contribution in [0.4, 0.5) is 0 Å². The van der Waals surface area contributed by atoms with E-state index in [1.807, 2.05) is 11.8 Å². The summed E-state index contributed by atoms with van der Waals surface area (Å²) in [6.07, 6.45) is 0. The fourth-order valence-electron chi connectivity index (χ4n) is 2.97. The maximum absolute atomic E-state index is 12.6. The Labute approximate surface area is 136 Å². The minimum Gasteiger partial charge on any atom is -0.496 e. The smallest absolute Gasteiger partial charge is 0.243 e. The van der Waals surface area contributed by atoms with Crippen molar-refractivity contribution in [3.8, 4) is 5.75 Å². The van der Waals surface area contributed by atoms with Gasteiger partial charge in [-0.05, 0) is 30.7 Å². The minimum atomic E-state index is -3.48. The van der Waals surface area contributed by atoms with E-state index in [9.17, 15) is 13.2 Å². The molecule has 8 heteroatoms. The number of carbonyl (C=O) groups excluding carboxylic acids is 1. The van der Waals surface area contributed by atoms with E-state index in [4.69, 9.17) is 4.74 Å². The molecule has 3 rings (SSSR count). The van der Waals surface area contributed by atoms with Gasteiger partial charge in [0.25, 0.3) is 0 Å². The van der Waals surface area contributed by atoms with Gasteiger partial charge >= 0.3 is 0 Å². The van der Waals surface area contributed by atoms with Crippen molar-refractivity contribution < 1.29 is 17.9 Å². The first-order valence-electron chi connectivity index (χ1n) is 7.57. The van der Waals surface area contributed by atoms with Crippen molar-refractivity contribution in [3.63, 3.8) is 0 Å². The molecule has 126 valence electrons. The molecule has 0 unspecified atom stereocenters. The minimum absolute atomic E-state index is 0.00309. The summed E-state index contributed by atoms with van der Waals surface area (Å²) in [7, 11) is -1.92. The van der Waals surface area contributed by atoms with Crippen molar-refractivity contribution in [2.45, 2.75) is 17.9 Å². The molecule has 23 heavy (non-hydrogen) atoms. The van der Waals surface area contributed by atoms with Crippen LogP contribution in [0, 0.1) is 6.92 Å². The maximum Gasteiger partial charge on any atom is 0.243 e. The number of hydrogen-bond acceptors (Lipinski definition) is 5. The zero-order valence-corrected chi connectivity index (χ0v) is 14.1. The first-order valence-corrected chi connectivity index (χ1v) is 9.01. The maximum atomic E-state index is 12.6. The number of ether oxygens (including phenoxy) is 1. The molecule has 0 spiro atoms. The van der Waals surface area contributed by atoms with Crippen LogP contribution >= 0.6 is 0 Å². The van der Waals surface area contributed by atoms with Gasteiger partial charge in [0.1, 0.15) is 5.75 Å². The Morgan fingerprint density at radius 2 is 2.04 bits per heavy atom. The number of amides is 1. The van der Waals surface area contributed by atoms with E-state index in [2.05, 4.69) is 5.32 Å². The topological polar surface area (TPSA) is 79.0 Å². The molecule has 0 radical (unpaired) electrons. The summed E-state index contributed by atoms with van der Waals surface area (Å²) in [4.78, 5) is 13.7. The quantitative estimate of drug-likeness (QED) is 0.822. The van der Waals surface area contributed by atoms with Crippen molar-refractivity contribution in [3.05, 3.63) is 23.8 Å². The molecule has 0 bridgehead atoms. The van der Waals surface area contributed by atoms with Gasteiger partial charge in [0, 0.05) is 32.2 Å². The lowest BCUT2D eigenvalue weighted by Gasteiger charge is -2.45. The molecule has 1 N–H and O–H groups in total. The van der Waals surface area contributed by atoms with Gasteiger partial charge in [0.15, 0.2) is 0 Å². The number of benzene rings is 1. The number of piperazine rings is 1. The lowest BCUT2D eigenvalue weighted by molar-refractivity contribution is -0.125. The summed E-state index contributed by atoms with van der Waals surface area (Å²) < 4.78 is 31.9. The van der Waals surface area contributed by atoms with E-state index in [0.29, 0.717) is 31.9 Å². The molecule has 2 heterocycles. The molecule has 0 aromatic heterocycles. The summed E-state index contributed by atoms with van der Waals surface area (Å²) in [5.41, 5.74) is 0.790. The molecule has 0 atom stereocenters. The number of nitrogens with one attached hydrogen (secondary N) is 1. The number of sulfonamides is 1. The lowest BCUT2D eigenvalue weighted by atomic mass is 10.1. The Kier molecular flexibility index (Phi) is 4.31. The van der Waals surface area contributed by atoms with Crippen LogP contribution in [-0.4, -0.2) is 69.4 Å². The molecule has 2 aliphatic rings. The monoisotopic (exact) mass is 339 g/mol. The Bertz CT molecular complexity index is 713. The zero-order chi connectivity index (χ0) is 16.6. The molecule has 7 nitrogen and oxygen atoms in total. The predicted molar refractivity (Wildman–Crippen MR) is 84.9 cm³/mol. The van der Waals surface area contributed by atoms with Crippen LogP contribution in [0.1, 0.15) is 5.56 Å². The first kappa shape index (κ1) is 16.2. The van der Waals surface area contributed by atoms with E-state index < -0.39 is 10.0 Å². The number of carbonyl (C=O) groups is 1. The highest BCUT2D eigenvalue weighted by Crippen LogP contribution is 2.27. The molecule has 1 aromatic carbocycles. The molecule has 2 aliphatic heterocycles. The van der Waals surface area contributed by atoms with Gasteiger partial charge < -0.3 is 10.1 Å². The summed E-state index contributed by atoms with van der Waals surface area (Å²) in [6.45, 7) is 4.43. The standard InChI is InChI=1S/C15H21N3O4S/c1-11-7-13(3-4-14(11)22-2)23(20,21)18-8-12(9-18)17-6-5-16-15(19)10-17/h3-4,7,12H,5-6,8-10H2,1-2H3,(H,16,19). The number of aryl methyl sites for hydroxylation is 1. The summed E-state index contributed by atoms with van der Waals surface area (Å²) >= 11 is 0. The van der Waals surface area contributed by atoms with Crippen LogP contribution in [0.15, 0.2) is 23.1 Å². The highest BCUT2D eigenvalue weighted by Gasteiger charge is 2.40. The Morgan fingerprint density at radius 1 is 1.30 bits per heavy atom. The van der Waals surface area contributed by atoms with Gasteiger partial charge in [-0.1, -0.05) is 0 Å². The number of methoxy groups -OCH3 is 1. The Hall–Kier alpha value is -1.64. The fourth-order valence-corrected chi connectivity index (χ4v) is 4.57. The second kappa shape index (κ2) is 6.10. The van der Waals surface area contributed by atoms with E-state index in [0.717, 1.165) is 12.1 Å². The predicted octanol–water partition coefficient (Wildman–Crippen LogP) is -0.192. The van der Waals surface area contributed by atoms with E-state index >= 15 is 0 Å². The van der Waals surface area contributed by atoms with Gasteiger partial charge in [-0.25, -0.2) is 8.42 Å². The first-order chi connectivity index (χ1) is 10.9. The second-order valence-corrected chi connectivity index (χ2v) is 7.87. The summed E-state index contributed by atoms with van der Waals surface area (Å²) in [5, 5.41) is 2.78. The molecule has 0 saturated carbocycles. The van der Waals surface area contributed by atoms with Crippen molar-refractivity contribution in [2.24, 2.45) is 0 Å². The largest absolute Gasteiger partial charge is 0.496 e. The average molecular weight is 339 g/mol. The second-order valence-electron chi connectivity index (χ2n) is 5.93. The highest BCUT2D eigenvalue weighted by molar-refractivity contribution is 7.89. The van der Waals surface area contributed by atoms with Gasteiger partial charge in [-0.15, -0.1) is 0 Å². The normalized spacial score (nSPS) is 20.9. The number of hydrogen-bond donors (Lipinski definition) is 1. The van der Waals surface area contributed by atoms with Crippen molar-refractivity contribution in [1.29, 1.82) is 0 Å². The van der Waals surface area contributed by atoms with Crippen LogP contribution in [0.25, 0.3) is 0 Å². The van der Waals surface area contributed by atoms with Crippen LogP contribution < -0.4 is 10.1 Å². The van der Waals surface area contributed by atoms with Crippen molar-refractivity contribution >= 4 is 15.9 Å². The number of nitrogens with zero attached hydrogens (tertiary/aromatic N) is 2. The summed E-state index contributed by atoms with van der Waals surface area (Å²) in [5.74, 6) is 0.674. The van der Waals surface area contributed by atoms with Crippen LogP contribution in [0.3, 0.4) is 0 Å². The molecular formula is C15H21N3O4S. The van der Waals surface area contributed by atoms with Crippen molar-refractivity contribution in [1.82, 2.24) is 14.5 Å². The van der Waals surface area contributed by atoms with Gasteiger partial charge in [-0.2, -0.15) is 4.31 Å². The Balaban J connectivity index is 1.68. The fraction of sp³-hybridized carbons (Fsp3) is 0.533. The molecule has 0 aliphatic carbocycles. The Morgan fingerprint density at radius 3 is 2.65 bits per heavy atom. The van der Waals surface area contributed by atoms with Crippen LogP contribution in [0.2, 0.25) is 0 Å². The molecule has 2 saturated heterocycles. The van der Waals surface area contributed by atoms with E-state index in [1.165, 1.54) is 4.31 Å².